The second-order valence-corrected chi connectivity index (χ2v) is 7.30. The van der Waals surface area contributed by atoms with E-state index in [0.717, 1.165) is 0 Å². The van der Waals surface area contributed by atoms with Crippen LogP contribution >= 0.6 is 0 Å². The molecule has 0 spiro atoms. The molecule has 0 aliphatic heterocycles. The first-order valence-electron chi connectivity index (χ1n) is 7.02. The van der Waals surface area contributed by atoms with Gasteiger partial charge in [0.15, 0.2) is 0 Å². The monoisotopic (exact) mass is 343 g/mol. The number of hydrogen-bond donors (Lipinski definition) is 2. The molecule has 7 nitrogen and oxygen atoms in total. The molecule has 0 aliphatic carbocycles. The molecule has 1 atom stereocenters. The van der Waals surface area contributed by atoms with Crippen molar-refractivity contribution in [1.29, 1.82) is 0 Å². The Balaban J connectivity index is 3.21. The molecule has 8 heteroatoms. The Hall–Kier alpha value is -1.93. The highest BCUT2D eigenvalue weighted by molar-refractivity contribution is 7.89. The van der Waals surface area contributed by atoms with Crippen LogP contribution in [0.2, 0.25) is 0 Å². The van der Waals surface area contributed by atoms with Gasteiger partial charge in [-0.05, 0) is 37.0 Å². The second kappa shape index (κ2) is 7.56. The molecule has 0 heterocycles. The van der Waals surface area contributed by atoms with Crippen LogP contribution in [-0.2, 0) is 19.6 Å². The molecule has 0 aromatic heterocycles. The molecule has 1 aromatic rings. The Morgan fingerprint density at radius 1 is 1.30 bits per heavy atom. The minimum Gasteiger partial charge on any atom is -0.480 e. The van der Waals surface area contributed by atoms with Gasteiger partial charge < -0.3 is 9.84 Å². The van der Waals surface area contributed by atoms with Crippen LogP contribution in [0.1, 0.15) is 36.2 Å². The quantitative estimate of drug-likeness (QED) is 0.727. The number of carboxylic acids is 1. The van der Waals surface area contributed by atoms with Crippen molar-refractivity contribution in [2.24, 2.45) is 5.92 Å². The van der Waals surface area contributed by atoms with Crippen molar-refractivity contribution in [1.82, 2.24) is 4.72 Å². The zero-order valence-electron chi connectivity index (χ0n) is 13.5. The molecular weight excluding hydrogens is 322 g/mol. The van der Waals surface area contributed by atoms with E-state index >= 15 is 0 Å². The van der Waals surface area contributed by atoms with Crippen molar-refractivity contribution in [3.8, 4) is 0 Å². The number of aryl methyl sites for hydroxylation is 1. The maximum absolute atomic E-state index is 12.5. The summed E-state index contributed by atoms with van der Waals surface area (Å²) >= 11 is 0. The maximum atomic E-state index is 12.5. The van der Waals surface area contributed by atoms with Gasteiger partial charge in [0.2, 0.25) is 10.0 Å². The lowest BCUT2D eigenvalue weighted by Crippen LogP contribution is -2.41. The van der Waals surface area contributed by atoms with E-state index in [1.807, 2.05) is 0 Å². The van der Waals surface area contributed by atoms with E-state index in [0.29, 0.717) is 5.56 Å². The largest absolute Gasteiger partial charge is 0.480 e. The zero-order chi connectivity index (χ0) is 17.8. The van der Waals surface area contributed by atoms with E-state index in [9.17, 15) is 23.1 Å². The normalized spacial score (nSPS) is 12.9. The molecule has 2 N–H and O–H groups in total. The van der Waals surface area contributed by atoms with Crippen molar-refractivity contribution in [2.75, 3.05) is 7.11 Å². The summed E-state index contributed by atoms with van der Waals surface area (Å²) in [6, 6.07) is 2.86. The molecule has 0 amide bonds. The minimum absolute atomic E-state index is 0.00120. The van der Waals surface area contributed by atoms with Gasteiger partial charge in [-0.1, -0.05) is 19.9 Å². The number of carbonyl (C=O) groups is 2. The second-order valence-electron chi connectivity index (χ2n) is 5.61. The lowest BCUT2D eigenvalue weighted by Gasteiger charge is -2.17. The van der Waals surface area contributed by atoms with Gasteiger partial charge in [-0.2, -0.15) is 4.72 Å². The lowest BCUT2D eigenvalue weighted by atomic mass is 10.1. The van der Waals surface area contributed by atoms with Crippen molar-refractivity contribution >= 4 is 22.0 Å². The van der Waals surface area contributed by atoms with Gasteiger partial charge in [-0.15, -0.1) is 0 Å². The molecule has 0 fully saturated rings. The molecule has 0 saturated heterocycles. The minimum atomic E-state index is -4.08. The average Bonchev–Trinajstić information content (AvgIpc) is 2.45. The topological polar surface area (TPSA) is 110 Å². The number of carbonyl (C=O) groups excluding carboxylic acids is 1. The van der Waals surface area contributed by atoms with Crippen LogP contribution in [0, 0.1) is 12.8 Å². The van der Waals surface area contributed by atoms with Crippen LogP contribution in [0.5, 0.6) is 0 Å². The maximum Gasteiger partial charge on any atom is 0.337 e. The van der Waals surface area contributed by atoms with Gasteiger partial charge in [0.05, 0.1) is 17.6 Å². The fourth-order valence-corrected chi connectivity index (χ4v) is 3.53. The SMILES string of the molecule is COC(=O)c1ccc(C)c(S(=O)(=O)N[C@@H](CC(C)C)C(=O)O)c1. The molecule has 1 aromatic carbocycles. The highest BCUT2D eigenvalue weighted by Crippen LogP contribution is 2.19. The van der Waals surface area contributed by atoms with Crippen LogP contribution in [0.4, 0.5) is 0 Å². The predicted octanol–water partition coefficient (Wildman–Crippen LogP) is 1.56. The summed E-state index contributed by atoms with van der Waals surface area (Å²) in [6.45, 7) is 5.16. The van der Waals surface area contributed by atoms with E-state index < -0.39 is 28.0 Å². The molecule has 0 aliphatic rings. The molecule has 0 bridgehead atoms. The molecule has 0 unspecified atom stereocenters. The van der Waals surface area contributed by atoms with Gasteiger partial charge in [-0.3, -0.25) is 4.79 Å². The first-order chi connectivity index (χ1) is 10.6. The fourth-order valence-electron chi connectivity index (χ4n) is 2.06. The van der Waals surface area contributed by atoms with Crippen LogP contribution in [0.15, 0.2) is 23.1 Å². The zero-order valence-corrected chi connectivity index (χ0v) is 14.3. The molecule has 0 saturated carbocycles. The molecule has 23 heavy (non-hydrogen) atoms. The van der Waals surface area contributed by atoms with Gasteiger partial charge >= 0.3 is 11.9 Å². The number of aliphatic carboxylic acids is 1. The number of nitrogens with one attached hydrogen (secondary N) is 1. The summed E-state index contributed by atoms with van der Waals surface area (Å²) in [5.74, 6) is -1.91. The number of esters is 1. The molecular formula is C15H21NO6S. The van der Waals surface area contributed by atoms with E-state index in [1.54, 1.807) is 20.8 Å². The van der Waals surface area contributed by atoms with Crippen LogP contribution in [0.3, 0.4) is 0 Å². The number of benzene rings is 1. The standard InChI is InChI=1S/C15H21NO6S/c1-9(2)7-12(14(17)18)16-23(20,21)13-8-11(15(19)22-4)6-5-10(13)3/h5-6,8-9,12,16H,7H2,1-4H3,(H,17,18)/t12-/m0/s1. The Morgan fingerprint density at radius 3 is 2.39 bits per heavy atom. The van der Waals surface area contributed by atoms with Crippen LogP contribution < -0.4 is 4.72 Å². The van der Waals surface area contributed by atoms with E-state index in [4.69, 9.17) is 0 Å². The first-order valence-corrected chi connectivity index (χ1v) is 8.51. The smallest absolute Gasteiger partial charge is 0.337 e. The highest BCUT2D eigenvalue weighted by Gasteiger charge is 2.27. The summed E-state index contributed by atoms with van der Waals surface area (Å²) in [6.07, 6.45) is 0.157. The Bertz CT molecular complexity index is 696. The van der Waals surface area contributed by atoms with Gasteiger partial charge in [0, 0.05) is 0 Å². The van der Waals surface area contributed by atoms with Crippen molar-refractivity contribution < 1.29 is 27.9 Å². The summed E-state index contributed by atoms with van der Waals surface area (Å²) in [4.78, 5) is 22.7. The summed E-state index contributed by atoms with van der Waals surface area (Å²) in [5.41, 5.74) is 0.480. The Kier molecular flexibility index (Phi) is 6.28. The van der Waals surface area contributed by atoms with Crippen LogP contribution in [-0.4, -0.2) is 38.6 Å². The van der Waals surface area contributed by atoms with Gasteiger partial charge in [0.1, 0.15) is 6.04 Å². The summed E-state index contributed by atoms with van der Waals surface area (Å²) < 4.78 is 31.7. The van der Waals surface area contributed by atoms with Crippen molar-refractivity contribution in [2.45, 2.75) is 38.1 Å². The van der Waals surface area contributed by atoms with E-state index in [-0.39, 0.29) is 22.8 Å². The molecule has 128 valence electrons. The third-order valence-corrected chi connectivity index (χ3v) is 4.82. The lowest BCUT2D eigenvalue weighted by molar-refractivity contribution is -0.139. The third kappa shape index (κ3) is 5.04. The summed E-state index contributed by atoms with van der Waals surface area (Å²) in [7, 11) is -2.89. The number of rotatable bonds is 7. The molecule has 0 radical (unpaired) electrons. The number of hydrogen-bond acceptors (Lipinski definition) is 5. The predicted molar refractivity (Wildman–Crippen MR) is 83.7 cm³/mol. The Morgan fingerprint density at radius 2 is 1.91 bits per heavy atom. The van der Waals surface area contributed by atoms with Crippen LogP contribution in [0.25, 0.3) is 0 Å². The number of ether oxygens (including phenoxy) is 1. The third-order valence-electron chi connectivity index (χ3n) is 3.20. The number of carboxylic acid groups (broad SMARTS) is 1. The van der Waals surface area contributed by atoms with Gasteiger partial charge in [-0.25, -0.2) is 13.2 Å². The molecule has 1 rings (SSSR count). The van der Waals surface area contributed by atoms with Crippen molar-refractivity contribution in [3.63, 3.8) is 0 Å². The fraction of sp³-hybridized carbons (Fsp3) is 0.467. The highest BCUT2D eigenvalue weighted by atomic mass is 32.2. The van der Waals surface area contributed by atoms with E-state index in [2.05, 4.69) is 9.46 Å². The first kappa shape index (κ1) is 19.1. The Labute approximate surface area is 135 Å². The average molecular weight is 343 g/mol. The number of methoxy groups -OCH3 is 1. The summed E-state index contributed by atoms with van der Waals surface area (Å²) in [5, 5.41) is 9.18. The van der Waals surface area contributed by atoms with Gasteiger partial charge in [0.25, 0.3) is 0 Å². The number of sulfonamides is 1. The van der Waals surface area contributed by atoms with Crippen molar-refractivity contribution in [3.05, 3.63) is 29.3 Å². The van der Waals surface area contributed by atoms with E-state index in [1.165, 1.54) is 25.3 Å².